The Hall–Kier alpha value is -1.10. The highest BCUT2D eigenvalue weighted by molar-refractivity contribution is 5.55. The molecule has 3 unspecified atom stereocenters. The molecule has 114 valence electrons. The molecular formula is C17H23NO3. The summed E-state index contributed by atoms with van der Waals surface area (Å²) < 4.78 is 6.27. The van der Waals surface area contributed by atoms with E-state index in [4.69, 9.17) is 4.74 Å². The normalized spacial score (nSPS) is 34.8. The fraction of sp³-hybridized carbons (Fsp3) is 0.647. The SMILES string of the molecule is CN1CCC23CCC(O)CC2Oc2c(CO)ccc(c23)C1. The van der Waals surface area contributed by atoms with Crippen LogP contribution in [0.5, 0.6) is 5.75 Å². The number of hydrogen-bond acceptors (Lipinski definition) is 4. The molecule has 0 aromatic heterocycles. The lowest BCUT2D eigenvalue weighted by Crippen LogP contribution is -2.45. The summed E-state index contributed by atoms with van der Waals surface area (Å²) in [5.41, 5.74) is 3.60. The summed E-state index contributed by atoms with van der Waals surface area (Å²) in [4.78, 5) is 2.36. The largest absolute Gasteiger partial charge is 0.489 e. The molecule has 1 aliphatic carbocycles. The minimum atomic E-state index is -0.253. The third kappa shape index (κ3) is 1.86. The van der Waals surface area contributed by atoms with Gasteiger partial charge < -0.3 is 19.8 Å². The molecule has 4 nitrogen and oxygen atoms in total. The van der Waals surface area contributed by atoms with Gasteiger partial charge in [0.2, 0.25) is 0 Å². The Morgan fingerprint density at radius 2 is 2.24 bits per heavy atom. The van der Waals surface area contributed by atoms with Crippen molar-refractivity contribution in [1.29, 1.82) is 0 Å². The van der Waals surface area contributed by atoms with Crippen LogP contribution in [0.3, 0.4) is 0 Å². The van der Waals surface area contributed by atoms with Gasteiger partial charge in [0, 0.05) is 29.5 Å². The lowest BCUT2D eigenvalue weighted by Gasteiger charge is -2.40. The first-order valence-electron chi connectivity index (χ1n) is 7.93. The van der Waals surface area contributed by atoms with Crippen LogP contribution in [0.25, 0.3) is 0 Å². The first-order valence-corrected chi connectivity index (χ1v) is 7.93. The first-order chi connectivity index (χ1) is 10.1. The van der Waals surface area contributed by atoms with Gasteiger partial charge in [0.1, 0.15) is 11.9 Å². The molecule has 21 heavy (non-hydrogen) atoms. The molecule has 4 heteroatoms. The van der Waals surface area contributed by atoms with E-state index in [1.54, 1.807) is 0 Å². The van der Waals surface area contributed by atoms with Gasteiger partial charge in [-0.1, -0.05) is 12.1 Å². The Morgan fingerprint density at radius 1 is 1.38 bits per heavy atom. The van der Waals surface area contributed by atoms with Crippen LogP contribution in [-0.4, -0.2) is 40.9 Å². The number of benzene rings is 1. The molecule has 1 aromatic rings. The monoisotopic (exact) mass is 289 g/mol. The lowest BCUT2D eigenvalue weighted by molar-refractivity contribution is 0.0121. The summed E-state index contributed by atoms with van der Waals surface area (Å²) in [7, 11) is 2.16. The number of aliphatic hydroxyl groups excluding tert-OH is 2. The van der Waals surface area contributed by atoms with Crippen molar-refractivity contribution in [3.8, 4) is 5.75 Å². The van der Waals surface area contributed by atoms with Gasteiger partial charge in [0.05, 0.1) is 12.7 Å². The van der Waals surface area contributed by atoms with Crippen LogP contribution < -0.4 is 4.74 Å². The zero-order valence-corrected chi connectivity index (χ0v) is 12.5. The summed E-state index contributed by atoms with van der Waals surface area (Å²) in [5, 5.41) is 19.7. The average molecular weight is 289 g/mol. The average Bonchev–Trinajstić information content (AvgIpc) is 2.72. The Kier molecular flexibility index (Phi) is 3.03. The summed E-state index contributed by atoms with van der Waals surface area (Å²) in [6.45, 7) is 2.01. The summed E-state index contributed by atoms with van der Waals surface area (Å²) in [6.07, 6.45) is 3.44. The van der Waals surface area contributed by atoms with E-state index in [1.165, 1.54) is 11.1 Å². The number of ether oxygens (including phenoxy) is 1. The third-order valence-corrected chi connectivity index (χ3v) is 5.66. The summed E-state index contributed by atoms with van der Waals surface area (Å²) in [5.74, 6) is 0.907. The highest BCUT2D eigenvalue weighted by Gasteiger charge is 2.54. The molecule has 0 bridgehead atoms. The maximum absolute atomic E-state index is 10.0. The van der Waals surface area contributed by atoms with Crippen molar-refractivity contribution in [1.82, 2.24) is 4.90 Å². The van der Waals surface area contributed by atoms with Crippen LogP contribution in [0.1, 0.15) is 42.4 Å². The van der Waals surface area contributed by atoms with Crippen molar-refractivity contribution in [2.45, 2.75) is 56.5 Å². The van der Waals surface area contributed by atoms with Crippen molar-refractivity contribution >= 4 is 0 Å². The van der Waals surface area contributed by atoms with E-state index in [0.717, 1.165) is 43.7 Å². The van der Waals surface area contributed by atoms with E-state index in [-0.39, 0.29) is 24.2 Å². The minimum Gasteiger partial charge on any atom is -0.489 e. The molecule has 0 saturated heterocycles. The van der Waals surface area contributed by atoms with Crippen LogP contribution >= 0.6 is 0 Å². The maximum Gasteiger partial charge on any atom is 0.129 e. The van der Waals surface area contributed by atoms with Crippen LogP contribution in [0.4, 0.5) is 0 Å². The predicted molar refractivity (Wildman–Crippen MR) is 79.3 cm³/mol. The Labute approximate surface area is 125 Å². The molecule has 4 rings (SSSR count). The van der Waals surface area contributed by atoms with E-state index in [0.29, 0.717) is 6.42 Å². The Morgan fingerprint density at radius 3 is 3.05 bits per heavy atom. The quantitative estimate of drug-likeness (QED) is 0.824. The zero-order valence-electron chi connectivity index (χ0n) is 12.5. The predicted octanol–water partition coefficient (Wildman–Crippen LogP) is 1.56. The number of rotatable bonds is 1. The second kappa shape index (κ2) is 4.70. The molecule has 2 aliphatic heterocycles. The van der Waals surface area contributed by atoms with E-state index < -0.39 is 0 Å². The molecule has 3 atom stereocenters. The van der Waals surface area contributed by atoms with E-state index in [9.17, 15) is 10.2 Å². The lowest BCUT2D eigenvalue weighted by atomic mass is 9.65. The smallest absolute Gasteiger partial charge is 0.129 e. The standard InChI is InChI=1S/C17H23NO3/c1-18-7-6-17-5-4-13(20)8-14(17)21-16-12(10-19)3-2-11(9-18)15(16)17/h2-3,13-14,19-20H,4-10H2,1H3. The molecular weight excluding hydrogens is 266 g/mol. The number of nitrogens with zero attached hydrogens (tertiary/aromatic N) is 1. The van der Waals surface area contributed by atoms with Crippen molar-refractivity contribution in [3.05, 3.63) is 28.8 Å². The third-order valence-electron chi connectivity index (χ3n) is 5.66. The van der Waals surface area contributed by atoms with Gasteiger partial charge in [-0.3, -0.25) is 0 Å². The molecule has 0 radical (unpaired) electrons. The second-order valence-electron chi connectivity index (χ2n) is 6.92. The van der Waals surface area contributed by atoms with Crippen LogP contribution in [-0.2, 0) is 18.6 Å². The van der Waals surface area contributed by atoms with Crippen molar-refractivity contribution < 1.29 is 14.9 Å². The van der Waals surface area contributed by atoms with Crippen molar-refractivity contribution in [2.75, 3.05) is 13.6 Å². The molecule has 1 aromatic carbocycles. The zero-order chi connectivity index (χ0) is 14.6. The van der Waals surface area contributed by atoms with E-state index in [2.05, 4.69) is 18.0 Å². The molecule has 1 saturated carbocycles. The molecule has 2 heterocycles. The van der Waals surface area contributed by atoms with Crippen LogP contribution in [0.15, 0.2) is 12.1 Å². The topological polar surface area (TPSA) is 52.9 Å². The summed E-state index contributed by atoms with van der Waals surface area (Å²) >= 11 is 0. The van der Waals surface area contributed by atoms with E-state index in [1.807, 2.05) is 6.07 Å². The maximum atomic E-state index is 10.0. The molecule has 0 amide bonds. The fourth-order valence-electron chi connectivity index (χ4n) is 4.54. The molecule has 1 spiro atoms. The van der Waals surface area contributed by atoms with E-state index >= 15 is 0 Å². The molecule has 2 N–H and O–H groups in total. The van der Waals surface area contributed by atoms with Gasteiger partial charge in [0.15, 0.2) is 0 Å². The van der Waals surface area contributed by atoms with Gasteiger partial charge in [-0.2, -0.15) is 0 Å². The van der Waals surface area contributed by atoms with Gasteiger partial charge >= 0.3 is 0 Å². The number of aliphatic hydroxyl groups is 2. The first kappa shape index (κ1) is 13.6. The van der Waals surface area contributed by atoms with Crippen molar-refractivity contribution in [2.24, 2.45) is 0 Å². The fourth-order valence-corrected chi connectivity index (χ4v) is 4.54. The Balaban J connectivity index is 1.90. The number of hydrogen-bond donors (Lipinski definition) is 2. The second-order valence-corrected chi connectivity index (χ2v) is 6.92. The minimum absolute atomic E-state index is 0.0177. The highest BCUT2D eigenvalue weighted by atomic mass is 16.5. The summed E-state index contributed by atoms with van der Waals surface area (Å²) in [6, 6.07) is 4.15. The van der Waals surface area contributed by atoms with Gasteiger partial charge in [-0.05, 0) is 38.4 Å². The van der Waals surface area contributed by atoms with Gasteiger partial charge in [-0.25, -0.2) is 0 Å². The van der Waals surface area contributed by atoms with Crippen molar-refractivity contribution in [3.63, 3.8) is 0 Å². The highest BCUT2D eigenvalue weighted by Crippen LogP contribution is 2.55. The van der Waals surface area contributed by atoms with Gasteiger partial charge in [0.25, 0.3) is 0 Å². The Bertz CT molecular complexity index is 573. The van der Waals surface area contributed by atoms with Crippen LogP contribution in [0.2, 0.25) is 0 Å². The van der Waals surface area contributed by atoms with Gasteiger partial charge in [-0.15, -0.1) is 0 Å². The van der Waals surface area contributed by atoms with Crippen LogP contribution in [0, 0.1) is 0 Å². The molecule has 1 fully saturated rings. The molecule has 3 aliphatic rings.